The van der Waals surface area contributed by atoms with Gasteiger partial charge in [0.2, 0.25) is 0 Å². The van der Waals surface area contributed by atoms with Crippen LogP contribution in [0.15, 0.2) is 48.7 Å². The van der Waals surface area contributed by atoms with E-state index in [-0.39, 0.29) is 5.91 Å². The lowest BCUT2D eigenvalue weighted by molar-refractivity contribution is 0.0994. The predicted octanol–water partition coefficient (Wildman–Crippen LogP) is 4.06. The zero-order chi connectivity index (χ0) is 15.0. The van der Waals surface area contributed by atoms with Gasteiger partial charge in [0.05, 0.1) is 11.1 Å². The lowest BCUT2D eigenvalue weighted by atomic mass is 10.1. The van der Waals surface area contributed by atoms with Crippen LogP contribution in [0.3, 0.4) is 0 Å². The maximum absolute atomic E-state index is 12.8. The van der Waals surface area contributed by atoms with E-state index in [0.717, 1.165) is 22.2 Å². The molecule has 0 radical (unpaired) electrons. The minimum absolute atomic E-state index is 0.00463. The molecule has 106 valence electrons. The molecule has 0 unspecified atom stereocenters. The largest absolute Gasteiger partial charge is 0.361 e. The molecule has 0 aliphatic heterocycles. The van der Waals surface area contributed by atoms with Crippen LogP contribution >= 0.6 is 0 Å². The molecule has 3 nitrogen and oxygen atoms in total. The SMILES string of the molecule is Cc1ccc(N(C)C(=O)c2cccc3cc[nH]c23)c(C)c1. The van der Waals surface area contributed by atoms with E-state index in [1.54, 1.807) is 4.90 Å². The van der Waals surface area contributed by atoms with Gasteiger partial charge in [0.15, 0.2) is 0 Å². The van der Waals surface area contributed by atoms with Gasteiger partial charge in [0.25, 0.3) is 5.91 Å². The van der Waals surface area contributed by atoms with Gasteiger partial charge in [-0.2, -0.15) is 0 Å². The van der Waals surface area contributed by atoms with Crippen molar-refractivity contribution in [3.63, 3.8) is 0 Å². The number of fused-ring (bicyclic) bond motifs is 1. The molecule has 1 amide bonds. The van der Waals surface area contributed by atoms with Gasteiger partial charge in [-0.1, -0.05) is 29.8 Å². The third-order valence-electron chi connectivity index (χ3n) is 3.84. The zero-order valence-corrected chi connectivity index (χ0v) is 12.5. The summed E-state index contributed by atoms with van der Waals surface area (Å²) in [5.74, 6) is -0.00463. The molecular weight excluding hydrogens is 260 g/mol. The van der Waals surface area contributed by atoms with Crippen LogP contribution in [0.2, 0.25) is 0 Å². The number of H-pyrrole nitrogens is 1. The fourth-order valence-electron chi connectivity index (χ4n) is 2.73. The van der Waals surface area contributed by atoms with Gasteiger partial charge in [-0.05, 0) is 37.6 Å². The number of carbonyl (C=O) groups excluding carboxylic acids is 1. The maximum atomic E-state index is 12.8. The van der Waals surface area contributed by atoms with Crippen LogP contribution in [-0.2, 0) is 0 Å². The van der Waals surface area contributed by atoms with E-state index >= 15 is 0 Å². The number of aromatic amines is 1. The molecule has 0 aliphatic rings. The summed E-state index contributed by atoms with van der Waals surface area (Å²) in [5.41, 5.74) is 4.82. The Morgan fingerprint density at radius 3 is 2.67 bits per heavy atom. The van der Waals surface area contributed by atoms with E-state index in [0.29, 0.717) is 5.56 Å². The minimum atomic E-state index is -0.00463. The summed E-state index contributed by atoms with van der Waals surface area (Å²) in [4.78, 5) is 17.7. The van der Waals surface area contributed by atoms with Gasteiger partial charge in [-0.3, -0.25) is 4.79 Å². The normalized spacial score (nSPS) is 10.8. The van der Waals surface area contributed by atoms with E-state index in [1.165, 1.54) is 5.56 Å². The molecule has 3 aromatic rings. The lowest BCUT2D eigenvalue weighted by Gasteiger charge is -2.20. The summed E-state index contributed by atoms with van der Waals surface area (Å²) in [7, 11) is 1.82. The highest BCUT2D eigenvalue weighted by atomic mass is 16.2. The molecule has 0 fully saturated rings. The van der Waals surface area contributed by atoms with Gasteiger partial charge >= 0.3 is 0 Å². The highest BCUT2D eigenvalue weighted by Crippen LogP contribution is 2.24. The molecule has 1 aromatic heterocycles. The number of aryl methyl sites for hydroxylation is 2. The van der Waals surface area contributed by atoms with Crippen LogP contribution in [0.1, 0.15) is 21.5 Å². The van der Waals surface area contributed by atoms with Gasteiger partial charge < -0.3 is 9.88 Å². The number of amides is 1. The van der Waals surface area contributed by atoms with Crippen LogP contribution in [0.4, 0.5) is 5.69 Å². The van der Waals surface area contributed by atoms with Crippen LogP contribution in [0, 0.1) is 13.8 Å². The average molecular weight is 278 g/mol. The number of aromatic nitrogens is 1. The fourth-order valence-corrected chi connectivity index (χ4v) is 2.73. The molecular formula is C18H18N2O. The summed E-state index contributed by atoms with van der Waals surface area (Å²) in [5, 5.41) is 1.05. The molecule has 21 heavy (non-hydrogen) atoms. The van der Waals surface area contributed by atoms with E-state index in [4.69, 9.17) is 0 Å². The molecule has 1 heterocycles. The molecule has 3 heteroatoms. The van der Waals surface area contributed by atoms with Crippen LogP contribution in [0.25, 0.3) is 10.9 Å². The number of nitrogens with one attached hydrogen (secondary N) is 1. The standard InChI is InChI=1S/C18H18N2O/c1-12-7-8-16(13(2)11-12)20(3)18(21)15-6-4-5-14-9-10-19-17(14)15/h4-11,19H,1-3H3. The van der Waals surface area contributed by atoms with Crippen molar-refractivity contribution >= 4 is 22.5 Å². The molecule has 0 saturated carbocycles. The Balaban J connectivity index is 2.03. The first kappa shape index (κ1) is 13.4. The first-order valence-corrected chi connectivity index (χ1v) is 6.99. The van der Waals surface area contributed by atoms with Crippen molar-refractivity contribution in [1.82, 2.24) is 4.98 Å². The molecule has 0 spiro atoms. The van der Waals surface area contributed by atoms with Crippen molar-refractivity contribution in [3.05, 3.63) is 65.4 Å². The third-order valence-corrected chi connectivity index (χ3v) is 3.84. The van der Waals surface area contributed by atoms with Crippen molar-refractivity contribution in [2.45, 2.75) is 13.8 Å². The molecule has 0 aliphatic carbocycles. The second kappa shape index (κ2) is 5.09. The molecule has 3 rings (SSSR count). The van der Waals surface area contributed by atoms with Crippen molar-refractivity contribution in [3.8, 4) is 0 Å². The van der Waals surface area contributed by atoms with Crippen molar-refractivity contribution in [1.29, 1.82) is 0 Å². The number of benzene rings is 2. The number of nitrogens with zero attached hydrogens (tertiary/aromatic N) is 1. The summed E-state index contributed by atoms with van der Waals surface area (Å²) in [6, 6.07) is 13.9. The van der Waals surface area contributed by atoms with Crippen LogP contribution in [0.5, 0.6) is 0 Å². The minimum Gasteiger partial charge on any atom is -0.361 e. The second-order valence-corrected chi connectivity index (χ2v) is 5.40. The molecule has 2 aromatic carbocycles. The topological polar surface area (TPSA) is 36.1 Å². The zero-order valence-electron chi connectivity index (χ0n) is 12.5. The fraction of sp³-hybridized carbons (Fsp3) is 0.167. The first-order chi connectivity index (χ1) is 10.1. The Bertz CT molecular complexity index is 817. The first-order valence-electron chi connectivity index (χ1n) is 6.99. The highest BCUT2D eigenvalue weighted by molar-refractivity contribution is 6.13. The van der Waals surface area contributed by atoms with Gasteiger partial charge in [-0.25, -0.2) is 0 Å². The monoisotopic (exact) mass is 278 g/mol. The Morgan fingerprint density at radius 2 is 1.90 bits per heavy atom. The van der Waals surface area contributed by atoms with E-state index in [1.807, 2.05) is 56.6 Å². The maximum Gasteiger partial charge on any atom is 0.260 e. The van der Waals surface area contributed by atoms with Crippen molar-refractivity contribution < 1.29 is 4.79 Å². The van der Waals surface area contributed by atoms with Crippen molar-refractivity contribution in [2.24, 2.45) is 0 Å². The van der Waals surface area contributed by atoms with E-state index < -0.39 is 0 Å². The van der Waals surface area contributed by atoms with E-state index in [9.17, 15) is 4.79 Å². The van der Waals surface area contributed by atoms with Gasteiger partial charge in [-0.15, -0.1) is 0 Å². The quantitative estimate of drug-likeness (QED) is 0.754. The number of carbonyl (C=O) groups is 1. The van der Waals surface area contributed by atoms with E-state index in [2.05, 4.69) is 18.0 Å². The average Bonchev–Trinajstić information content (AvgIpc) is 2.94. The van der Waals surface area contributed by atoms with Gasteiger partial charge in [0, 0.05) is 24.3 Å². The van der Waals surface area contributed by atoms with Crippen molar-refractivity contribution in [2.75, 3.05) is 11.9 Å². The molecule has 1 N–H and O–H groups in total. The lowest BCUT2D eigenvalue weighted by Crippen LogP contribution is -2.27. The van der Waals surface area contributed by atoms with Crippen LogP contribution < -0.4 is 4.90 Å². The number of para-hydroxylation sites is 1. The second-order valence-electron chi connectivity index (χ2n) is 5.40. The number of hydrogen-bond acceptors (Lipinski definition) is 1. The highest BCUT2D eigenvalue weighted by Gasteiger charge is 2.17. The van der Waals surface area contributed by atoms with Crippen LogP contribution in [-0.4, -0.2) is 17.9 Å². The summed E-state index contributed by atoms with van der Waals surface area (Å²) in [6.07, 6.45) is 1.86. The summed E-state index contributed by atoms with van der Waals surface area (Å²) in [6.45, 7) is 4.08. The third kappa shape index (κ3) is 2.31. The molecule has 0 bridgehead atoms. The Morgan fingerprint density at radius 1 is 1.10 bits per heavy atom. The van der Waals surface area contributed by atoms with Gasteiger partial charge in [0.1, 0.15) is 0 Å². The Hall–Kier alpha value is -2.55. The smallest absolute Gasteiger partial charge is 0.260 e. The number of hydrogen-bond donors (Lipinski definition) is 1. The Kier molecular flexibility index (Phi) is 3.26. The number of anilines is 1. The molecule has 0 saturated heterocycles. The summed E-state index contributed by atoms with van der Waals surface area (Å²) >= 11 is 0. The Labute approximate surface area is 124 Å². The number of rotatable bonds is 2. The molecule has 0 atom stereocenters. The summed E-state index contributed by atoms with van der Waals surface area (Å²) < 4.78 is 0. The predicted molar refractivity (Wildman–Crippen MR) is 86.9 cm³/mol.